The molecule has 0 unspecified atom stereocenters. The monoisotopic (exact) mass is 412 g/mol. The molecule has 2 saturated heterocycles. The maximum absolute atomic E-state index is 13.1. The van der Waals surface area contributed by atoms with E-state index in [1.807, 2.05) is 24.0 Å². The molecule has 0 bridgehead atoms. The molecule has 2 aliphatic heterocycles. The van der Waals surface area contributed by atoms with Crippen LogP contribution in [0.5, 0.6) is 0 Å². The molecule has 2 aliphatic rings. The van der Waals surface area contributed by atoms with Crippen LogP contribution in [0.2, 0.25) is 0 Å². The number of piperidine rings is 1. The number of hydrogen-bond acceptors (Lipinski definition) is 6. The van der Waals surface area contributed by atoms with Crippen molar-refractivity contribution in [3.05, 3.63) is 47.1 Å². The lowest BCUT2D eigenvalue weighted by molar-refractivity contribution is -0.0768. The first-order valence-corrected chi connectivity index (χ1v) is 10.9. The molecule has 0 aliphatic carbocycles. The number of aromatic nitrogens is 2. The first-order chi connectivity index (χ1) is 14.5. The Kier molecular flexibility index (Phi) is 6.20. The molecule has 4 rings (SSSR count). The van der Waals surface area contributed by atoms with Crippen LogP contribution >= 0.6 is 0 Å². The standard InChI is InChI=1S/C23H32N4O3/c1-4-5-20-21(17(2)25-30-20)22(28)27-15-23(16-27)12-19(8-11-26(23)3)14-29-13-18-6-9-24-10-7-18/h6-7,9-10,19H,4-5,8,11-16H2,1-3H3/t19-/m1/s1. The molecule has 7 nitrogen and oxygen atoms in total. The van der Waals surface area contributed by atoms with Crippen LogP contribution in [0.3, 0.4) is 0 Å². The molecule has 7 heteroatoms. The molecule has 1 spiro atoms. The summed E-state index contributed by atoms with van der Waals surface area (Å²) in [6.07, 6.45) is 7.47. The fourth-order valence-electron chi connectivity index (χ4n) is 4.80. The number of aryl methyl sites for hydroxylation is 2. The normalized spacial score (nSPS) is 21.0. The van der Waals surface area contributed by atoms with Gasteiger partial charge < -0.3 is 14.2 Å². The Balaban J connectivity index is 1.33. The van der Waals surface area contributed by atoms with Gasteiger partial charge in [0.2, 0.25) is 0 Å². The van der Waals surface area contributed by atoms with Crippen LogP contribution in [0, 0.1) is 12.8 Å². The van der Waals surface area contributed by atoms with E-state index in [0.29, 0.717) is 23.8 Å². The number of hydrogen-bond donors (Lipinski definition) is 0. The maximum atomic E-state index is 13.1. The predicted molar refractivity (Wildman–Crippen MR) is 113 cm³/mol. The maximum Gasteiger partial charge on any atom is 0.259 e. The molecule has 2 fully saturated rings. The molecule has 2 aromatic rings. The third kappa shape index (κ3) is 4.14. The van der Waals surface area contributed by atoms with E-state index in [1.54, 1.807) is 12.4 Å². The number of nitrogens with zero attached hydrogens (tertiary/aromatic N) is 4. The van der Waals surface area contributed by atoms with Gasteiger partial charge in [0.15, 0.2) is 0 Å². The molecule has 1 amide bonds. The van der Waals surface area contributed by atoms with Crippen molar-refractivity contribution in [3.8, 4) is 0 Å². The smallest absolute Gasteiger partial charge is 0.259 e. The fraction of sp³-hybridized carbons (Fsp3) is 0.609. The molecule has 30 heavy (non-hydrogen) atoms. The van der Waals surface area contributed by atoms with Crippen LogP contribution in [0.1, 0.15) is 53.6 Å². The van der Waals surface area contributed by atoms with Crippen molar-refractivity contribution in [2.45, 2.75) is 51.7 Å². The van der Waals surface area contributed by atoms with Gasteiger partial charge in [-0.3, -0.25) is 14.7 Å². The second-order valence-electron chi connectivity index (χ2n) is 8.85. The molecule has 1 atom stereocenters. The van der Waals surface area contributed by atoms with E-state index >= 15 is 0 Å². The highest BCUT2D eigenvalue weighted by atomic mass is 16.5. The van der Waals surface area contributed by atoms with Gasteiger partial charge in [0, 0.05) is 38.5 Å². The quantitative estimate of drug-likeness (QED) is 0.696. The summed E-state index contributed by atoms with van der Waals surface area (Å²) in [6.45, 7) is 7.89. The lowest BCUT2D eigenvalue weighted by atomic mass is 9.75. The zero-order valence-electron chi connectivity index (χ0n) is 18.3. The van der Waals surface area contributed by atoms with Gasteiger partial charge in [-0.15, -0.1) is 0 Å². The van der Waals surface area contributed by atoms with E-state index in [2.05, 4.69) is 29.0 Å². The lowest BCUT2D eigenvalue weighted by Crippen LogP contribution is -2.72. The molecule has 0 aromatic carbocycles. The van der Waals surface area contributed by atoms with Crippen LogP contribution in [-0.4, -0.2) is 64.7 Å². The number of rotatable bonds is 7. The molecule has 0 radical (unpaired) electrons. The summed E-state index contributed by atoms with van der Waals surface area (Å²) in [4.78, 5) is 21.6. The molecule has 2 aromatic heterocycles. The van der Waals surface area contributed by atoms with Crippen LogP contribution < -0.4 is 0 Å². The van der Waals surface area contributed by atoms with Gasteiger partial charge in [-0.25, -0.2) is 0 Å². The first-order valence-electron chi connectivity index (χ1n) is 10.9. The number of likely N-dealkylation sites (N-methyl/N-ethyl adjacent to an activating group) is 1. The Labute approximate surface area is 178 Å². The van der Waals surface area contributed by atoms with Crippen LogP contribution in [-0.2, 0) is 17.8 Å². The van der Waals surface area contributed by atoms with Gasteiger partial charge in [-0.1, -0.05) is 12.1 Å². The van der Waals surface area contributed by atoms with Gasteiger partial charge in [-0.05, 0) is 63.4 Å². The van der Waals surface area contributed by atoms with Gasteiger partial charge in [0.1, 0.15) is 11.3 Å². The van der Waals surface area contributed by atoms with E-state index < -0.39 is 0 Å². The Morgan fingerprint density at radius 3 is 2.83 bits per heavy atom. The van der Waals surface area contributed by atoms with Crippen molar-refractivity contribution >= 4 is 5.91 Å². The zero-order valence-corrected chi connectivity index (χ0v) is 18.3. The van der Waals surface area contributed by atoms with Crippen LogP contribution in [0.4, 0.5) is 0 Å². The van der Waals surface area contributed by atoms with E-state index in [1.165, 1.54) is 0 Å². The van der Waals surface area contributed by atoms with E-state index in [9.17, 15) is 4.79 Å². The average Bonchev–Trinajstić information content (AvgIpc) is 3.08. The van der Waals surface area contributed by atoms with Gasteiger partial charge in [0.05, 0.1) is 17.8 Å². The minimum atomic E-state index is 0.0623. The SMILES string of the molecule is CCCc1onc(C)c1C(=O)N1CC2(C[C@H](COCc3ccncc3)CCN2C)C1. The lowest BCUT2D eigenvalue weighted by Gasteiger charge is -2.58. The zero-order chi connectivity index (χ0) is 21.1. The number of carbonyl (C=O) groups is 1. The molecular formula is C23H32N4O3. The number of amides is 1. The molecule has 0 N–H and O–H groups in total. The van der Waals surface area contributed by atoms with Crippen LogP contribution in [0.25, 0.3) is 0 Å². The number of ether oxygens (including phenoxy) is 1. The summed E-state index contributed by atoms with van der Waals surface area (Å²) in [5, 5.41) is 4.03. The van der Waals surface area contributed by atoms with Crippen molar-refractivity contribution in [1.82, 2.24) is 19.9 Å². The van der Waals surface area contributed by atoms with E-state index in [-0.39, 0.29) is 11.4 Å². The molecule has 162 valence electrons. The van der Waals surface area contributed by atoms with Crippen molar-refractivity contribution in [2.75, 3.05) is 33.3 Å². The van der Waals surface area contributed by atoms with Gasteiger partial charge >= 0.3 is 0 Å². The van der Waals surface area contributed by atoms with E-state index in [4.69, 9.17) is 9.26 Å². The van der Waals surface area contributed by atoms with Crippen molar-refractivity contribution in [1.29, 1.82) is 0 Å². The largest absolute Gasteiger partial charge is 0.376 e. The Hall–Kier alpha value is -2.25. The third-order valence-corrected chi connectivity index (χ3v) is 6.60. The number of pyridine rings is 1. The molecular weight excluding hydrogens is 380 g/mol. The fourth-order valence-corrected chi connectivity index (χ4v) is 4.80. The summed E-state index contributed by atoms with van der Waals surface area (Å²) in [6, 6.07) is 3.98. The van der Waals surface area contributed by atoms with Crippen molar-refractivity contribution < 1.29 is 14.1 Å². The Morgan fingerprint density at radius 1 is 1.33 bits per heavy atom. The van der Waals surface area contributed by atoms with Crippen molar-refractivity contribution in [3.63, 3.8) is 0 Å². The van der Waals surface area contributed by atoms with Gasteiger partial charge in [-0.2, -0.15) is 0 Å². The highest BCUT2D eigenvalue weighted by Crippen LogP contribution is 2.39. The summed E-state index contributed by atoms with van der Waals surface area (Å²) >= 11 is 0. The highest BCUT2D eigenvalue weighted by Gasteiger charge is 2.51. The Bertz CT molecular complexity index is 861. The second-order valence-corrected chi connectivity index (χ2v) is 8.85. The topological polar surface area (TPSA) is 71.7 Å². The van der Waals surface area contributed by atoms with Crippen LogP contribution in [0.15, 0.2) is 29.0 Å². The molecule has 0 saturated carbocycles. The minimum Gasteiger partial charge on any atom is -0.376 e. The number of carbonyl (C=O) groups excluding carboxylic acids is 1. The number of likely N-dealkylation sites (tertiary alicyclic amines) is 2. The summed E-state index contributed by atoms with van der Waals surface area (Å²) < 4.78 is 11.4. The summed E-state index contributed by atoms with van der Waals surface area (Å²) in [5.41, 5.74) is 2.58. The Morgan fingerprint density at radius 2 is 2.10 bits per heavy atom. The summed E-state index contributed by atoms with van der Waals surface area (Å²) in [5.74, 6) is 1.31. The predicted octanol–water partition coefficient (Wildman–Crippen LogP) is 3.08. The van der Waals surface area contributed by atoms with Crippen molar-refractivity contribution in [2.24, 2.45) is 5.92 Å². The molecule has 4 heterocycles. The minimum absolute atomic E-state index is 0.0623. The van der Waals surface area contributed by atoms with Gasteiger partial charge in [0.25, 0.3) is 5.91 Å². The second kappa shape index (κ2) is 8.86. The van der Waals surface area contributed by atoms with E-state index in [0.717, 1.165) is 63.2 Å². The summed E-state index contributed by atoms with van der Waals surface area (Å²) in [7, 11) is 2.18. The average molecular weight is 413 g/mol. The third-order valence-electron chi connectivity index (χ3n) is 6.60. The highest BCUT2D eigenvalue weighted by molar-refractivity contribution is 5.97. The first kappa shape index (κ1) is 21.0.